The predicted octanol–water partition coefficient (Wildman–Crippen LogP) is 4.61. The summed E-state index contributed by atoms with van der Waals surface area (Å²) in [6.07, 6.45) is 11.2. The smallest absolute Gasteiger partial charge is 0.410 e. The maximum atomic E-state index is 12.3. The lowest BCUT2D eigenvalue weighted by atomic mass is 10.1. The van der Waals surface area contributed by atoms with Gasteiger partial charge in [0, 0.05) is 24.0 Å². The van der Waals surface area contributed by atoms with E-state index in [0.717, 1.165) is 42.4 Å². The van der Waals surface area contributed by atoms with E-state index in [0.29, 0.717) is 11.6 Å². The lowest BCUT2D eigenvalue weighted by molar-refractivity contribution is 0.194. The van der Waals surface area contributed by atoms with Gasteiger partial charge in [-0.05, 0) is 36.6 Å². The lowest BCUT2D eigenvalue weighted by Crippen LogP contribution is -2.36. The van der Waals surface area contributed by atoms with Gasteiger partial charge in [0.05, 0.1) is 5.56 Å². The number of aromatic nitrogens is 3. The molecule has 144 valence electrons. The molecular weight excluding hydrogens is 356 g/mol. The first-order valence-corrected chi connectivity index (χ1v) is 9.59. The minimum absolute atomic E-state index is 0.202. The molecular formula is C21H22N4O3. The Labute approximate surface area is 163 Å². The molecule has 1 N–H and O–H groups in total. The fourth-order valence-electron chi connectivity index (χ4n) is 3.48. The molecule has 2 heterocycles. The van der Waals surface area contributed by atoms with Crippen LogP contribution in [0.5, 0.6) is 5.75 Å². The van der Waals surface area contributed by atoms with Crippen LogP contribution in [-0.2, 0) is 0 Å². The average molecular weight is 378 g/mol. The number of hydrogen-bond donors (Lipinski definition) is 1. The minimum atomic E-state index is -0.401. The molecule has 0 atom stereocenters. The van der Waals surface area contributed by atoms with Crippen LogP contribution in [0.1, 0.15) is 38.5 Å². The normalized spacial score (nSPS) is 15.0. The van der Waals surface area contributed by atoms with E-state index in [1.54, 1.807) is 18.5 Å². The number of rotatable bonds is 4. The van der Waals surface area contributed by atoms with Gasteiger partial charge in [0.15, 0.2) is 6.33 Å². The lowest BCUT2D eigenvalue weighted by Gasteiger charge is -2.16. The zero-order valence-electron chi connectivity index (χ0n) is 15.5. The van der Waals surface area contributed by atoms with Gasteiger partial charge in [0.25, 0.3) is 5.89 Å². The third-order valence-electron chi connectivity index (χ3n) is 4.90. The van der Waals surface area contributed by atoms with Crippen molar-refractivity contribution < 1.29 is 14.1 Å². The number of hydrogen-bond acceptors (Lipinski definition) is 6. The summed E-state index contributed by atoms with van der Waals surface area (Å²) in [5.74, 6) is 0.899. The second-order valence-electron chi connectivity index (χ2n) is 6.96. The summed E-state index contributed by atoms with van der Waals surface area (Å²) in [5, 5.41) is 6.62. The molecule has 7 heteroatoms. The third-order valence-corrected chi connectivity index (χ3v) is 4.90. The number of ether oxygens (including phenoxy) is 1. The van der Waals surface area contributed by atoms with E-state index < -0.39 is 6.09 Å². The number of amides is 1. The Bertz CT molecular complexity index is 919. The summed E-state index contributed by atoms with van der Waals surface area (Å²) >= 11 is 0. The fraction of sp³-hybridized carbons (Fsp3) is 0.333. The van der Waals surface area contributed by atoms with Gasteiger partial charge in [-0.15, -0.1) is 0 Å². The molecule has 1 aromatic carbocycles. The van der Waals surface area contributed by atoms with E-state index in [-0.39, 0.29) is 6.04 Å². The van der Waals surface area contributed by atoms with Crippen molar-refractivity contribution in [2.75, 3.05) is 0 Å². The minimum Gasteiger partial charge on any atom is -0.410 e. The van der Waals surface area contributed by atoms with Gasteiger partial charge in [-0.2, -0.15) is 4.98 Å². The van der Waals surface area contributed by atoms with Crippen LogP contribution in [0, 0.1) is 0 Å². The number of carbonyl (C=O) groups is 1. The number of benzene rings is 1. The van der Waals surface area contributed by atoms with Gasteiger partial charge < -0.3 is 14.6 Å². The molecule has 1 fully saturated rings. The highest BCUT2D eigenvalue weighted by Crippen LogP contribution is 2.27. The first-order valence-electron chi connectivity index (χ1n) is 9.59. The summed E-state index contributed by atoms with van der Waals surface area (Å²) in [7, 11) is 0. The topological polar surface area (TPSA) is 90.1 Å². The highest BCUT2D eigenvalue weighted by Gasteiger charge is 2.16. The zero-order valence-corrected chi connectivity index (χ0v) is 15.5. The standard InChI is InChI=1S/C21H22N4O3/c26-21(25-18-7-3-1-2-4-8-18)27-19-9-5-6-15(11-19)16-10-17(13-22-12-16)20-23-14-24-28-20/h5-6,9-14,18H,1-4,7-8H2,(H,25,26). The van der Waals surface area contributed by atoms with Crippen LogP contribution in [-0.4, -0.2) is 27.3 Å². The largest absolute Gasteiger partial charge is 0.412 e. The Hall–Kier alpha value is -3.22. The molecule has 0 bridgehead atoms. The molecule has 28 heavy (non-hydrogen) atoms. The Balaban J connectivity index is 1.46. The molecule has 1 amide bonds. The van der Waals surface area contributed by atoms with Gasteiger partial charge in [0.2, 0.25) is 0 Å². The molecule has 1 aliphatic carbocycles. The van der Waals surface area contributed by atoms with Crippen molar-refractivity contribution in [3.63, 3.8) is 0 Å². The predicted molar refractivity (Wildman–Crippen MR) is 104 cm³/mol. The molecule has 0 aliphatic heterocycles. The summed E-state index contributed by atoms with van der Waals surface area (Å²) in [6, 6.07) is 9.49. The molecule has 0 saturated heterocycles. The molecule has 0 unspecified atom stereocenters. The van der Waals surface area contributed by atoms with Crippen LogP contribution in [0.4, 0.5) is 4.79 Å². The Morgan fingerprint density at radius 1 is 1.04 bits per heavy atom. The molecule has 2 aromatic heterocycles. The van der Waals surface area contributed by atoms with E-state index in [1.165, 1.54) is 19.2 Å². The first kappa shape index (κ1) is 18.2. The van der Waals surface area contributed by atoms with Gasteiger partial charge in [-0.3, -0.25) is 4.98 Å². The molecule has 7 nitrogen and oxygen atoms in total. The van der Waals surface area contributed by atoms with Gasteiger partial charge >= 0.3 is 6.09 Å². The number of nitrogens with one attached hydrogen (secondary N) is 1. The average Bonchev–Trinajstić information content (AvgIpc) is 3.14. The molecule has 3 aromatic rings. The van der Waals surface area contributed by atoms with E-state index in [2.05, 4.69) is 20.4 Å². The number of pyridine rings is 1. The summed E-state index contributed by atoms with van der Waals surface area (Å²) in [4.78, 5) is 20.6. The second-order valence-corrected chi connectivity index (χ2v) is 6.96. The van der Waals surface area contributed by atoms with Crippen LogP contribution in [0.2, 0.25) is 0 Å². The molecule has 1 aliphatic rings. The number of nitrogens with zero attached hydrogens (tertiary/aromatic N) is 3. The fourth-order valence-corrected chi connectivity index (χ4v) is 3.48. The zero-order chi connectivity index (χ0) is 19.2. The van der Waals surface area contributed by atoms with Crippen LogP contribution < -0.4 is 10.1 Å². The summed E-state index contributed by atoms with van der Waals surface area (Å²) < 4.78 is 10.6. The van der Waals surface area contributed by atoms with Crippen LogP contribution in [0.25, 0.3) is 22.6 Å². The highest BCUT2D eigenvalue weighted by atomic mass is 16.6. The van der Waals surface area contributed by atoms with Crippen LogP contribution in [0.3, 0.4) is 0 Å². The quantitative estimate of drug-likeness (QED) is 0.667. The maximum absolute atomic E-state index is 12.3. The van der Waals surface area contributed by atoms with Crippen molar-refractivity contribution in [2.45, 2.75) is 44.6 Å². The van der Waals surface area contributed by atoms with Crippen molar-refractivity contribution in [1.82, 2.24) is 20.4 Å². The third kappa shape index (κ3) is 4.54. The molecule has 0 radical (unpaired) electrons. The molecule has 1 saturated carbocycles. The van der Waals surface area contributed by atoms with Crippen molar-refractivity contribution >= 4 is 6.09 Å². The summed E-state index contributed by atoms with van der Waals surface area (Å²) in [6.45, 7) is 0. The van der Waals surface area contributed by atoms with E-state index in [9.17, 15) is 4.79 Å². The monoisotopic (exact) mass is 378 g/mol. The van der Waals surface area contributed by atoms with Gasteiger partial charge in [0.1, 0.15) is 5.75 Å². The van der Waals surface area contributed by atoms with E-state index >= 15 is 0 Å². The van der Waals surface area contributed by atoms with E-state index in [1.807, 2.05) is 24.3 Å². The van der Waals surface area contributed by atoms with E-state index in [4.69, 9.17) is 9.26 Å². The van der Waals surface area contributed by atoms with Gasteiger partial charge in [-0.25, -0.2) is 4.79 Å². The highest BCUT2D eigenvalue weighted by molar-refractivity contribution is 5.73. The van der Waals surface area contributed by atoms with Crippen LogP contribution in [0.15, 0.2) is 53.6 Å². The van der Waals surface area contributed by atoms with Crippen molar-refractivity contribution in [1.29, 1.82) is 0 Å². The summed E-state index contributed by atoms with van der Waals surface area (Å²) in [5.41, 5.74) is 2.48. The molecule has 0 spiro atoms. The Kier molecular flexibility index (Phi) is 5.61. The second kappa shape index (κ2) is 8.65. The van der Waals surface area contributed by atoms with Crippen molar-refractivity contribution in [3.05, 3.63) is 49.1 Å². The maximum Gasteiger partial charge on any atom is 0.412 e. The van der Waals surface area contributed by atoms with Crippen molar-refractivity contribution in [2.24, 2.45) is 0 Å². The van der Waals surface area contributed by atoms with Crippen molar-refractivity contribution in [3.8, 4) is 28.3 Å². The van der Waals surface area contributed by atoms with Crippen LogP contribution >= 0.6 is 0 Å². The first-order chi connectivity index (χ1) is 13.8. The SMILES string of the molecule is O=C(NC1CCCCCC1)Oc1cccc(-c2cncc(-c3ncno3)c2)c1. The molecule has 4 rings (SSSR count). The number of carbonyl (C=O) groups excluding carboxylic acids is 1. The Morgan fingerprint density at radius 2 is 1.86 bits per heavy atom. The van der Waals surface area contributed by atoms with Gasteiger partial charge in [-0.1, -0.05) is 43.0 Å². The Morgan fingerprint density at radius 3 is 2.64 bits per heavy atom.